The minimum Gasteiger partial charge on any atom is -0.444 e. The summed E-state index contributed by atoms with van der Waals surface area (Å²) in [5, 5.41) is 3.17. The number of nitrogens with one attached hydrogen (secondary N) is 1. The first-order valence-corrected chi connectivity index (χ1v) is 11.4. The van der Waals surface area contributed by atoms with Gasteiger partial charge in [-0.3, -0.25) is 0 Å². The monoisotopic (exact) mass is 345 g/mol. The molecule has 0 saturated carbocycles. The molecule has 2 unspecified atom stereocenters. The molecule has 0 bridgehead atoms. The summed E-state index contributed by atoms with van der Waals surface area (Å²) in [5.74, 6) is 0.172. The molecule has 1 saturated heterocycles. The molecule has 1 fully saturated rings. The Labute approximate surface area is 142 Å². The summed E-state index contributed by atoms with van der Waals surface area (Å²) in [6, 6.07) is 0.0448. The minimum absolute atomic E-state index is 0.0448. The van der Waals surface area contributed by atoms with Crippen molar-refractivity contribution in [2.24, 2.45) is 5.92 Å². The second kappa shape index (κ2) is 7.53. The third kappa shape index (κ3) is 6.81. The van der Waals surface area contributed by atoms with Crippen LogP contribution in [0.4, 0.5) is 4.79 Å². The molecule has 1 heterocycles. The van der Waals surface area contributed by atoms with Gasteiger partial charge in [-0.05, 0) is 45.3 Å². The highest BCUT2D eigenvalue weighted by Crippen LogP contribution is 2.37. The number of carbonyl (C=O) groups is 1. The number of alkyl carbamates (subject to hydrolysis) is 1. The van der Waals surface area contributed by atoms with Gasteiger partial charge in [-0.25, -0.2) is 4.79 Å². The van der Waals surface area contributed by atoms with Gasteiger partial charge in [-0.2, -0.15) is 0 Å². The van der Waals surface area contributed by atoms with Crippen LogP contribution in [-0.4, -0.2) is 45.9 Å². The summed E-state index contributed by atoms with van der Waals surface area (Å²) >= 11 is 0. The maximum absolute atomic E-state index is 12.0. The van der Waals surface area contributed by atoms with E-state index in [9.17, 15) is 4.79 Å². The van der Waals surface area contributed by atoms with Crippen LogP contribution < -0.4 is 5.32 Å². The van der Waals surface area contributed by atoms with E-state index in [2.05, 4.69) is 39.2 Å². The van der Waals surface area contributed by atoms with E-state index in [4.69, 9.17) is 13.9 Å². The standard InChI is InChI=1S/C17H35NO4Si/c1-16(2,3)22-15(19)18-14-9-10-20-11-13(14)12-21-23(7,8)17(4,5)6/h13-14H,9-12H2,1-8H3,(H,18,19). The quantitative estimate of drug-likeness (QED) is 0.784. The van der Waals surface area contributed by atoms with E-state index in [-0.39, 0.29) is 23.1 Å². The van der Waals surface area contributed by atoms with Gasteiger partial charge in [0.15, 0.2) is 8.32 Å². The van der Waals surface area contributed by atoms with Crippen LogP contribution in [0, 0.1) is 5.92 Å². The Morgan fingerprint density at radius 3 is 2.35 bits per heavy atom. The Kier molecular flexibility index (Phi) is 6.70. The molecule has 1 N–H and O–H groups in total. The Morgan fingerprint density at radius 1 is 1.22 bits per heavy atom. The van der Waals surface area contributed by atoms with Gasteiger partial charge in [0.1, 0.15) is 5.60 Å². The third-order valence-electron chi connectivity index (χ3n) is 4.64. The molecule has 1 aliphatic rings. The molecule has 136 valence electrons. The molecule has 2 atom stereocenters. The van der Waals surface area contributed by atoms with Gasteiger partial charge < -0.3 is 19.2 Å². The van der Waals surface area contributed by atoms with E-state index in [1.807, 2.05) is 20.8 Å². The van der Waals surface area contributed by atoms with Crippen LogP contribution in [0.3, 0.4) is 0 Å². The molecule has 0 aromatic heterocycles. The molecule has 6 heteroatoms. The van der Waals surface area contributed by atoms with Crippen molar-refractivity contribution in [3.05, 3.63) is 0 Å². The molecular weight excluding hydrogens is 310 g/mol. The van der Waals surface area contributed by atoms with E-state index in [0.717, 1.165) is 6.42 Å². The van der Waals surface area contributed by atoms with Crippen LogP contribution in [0.15, 0.2) is 0 Å². The predicted octanol–water partition coefficient (Wildman–Crippen LogP) is 3.94. The van der Waals surface area contributed by atoms with Crippen molar-refractivity contribution < 1.29 is 18.7 Å². The number of hydrogen-bond donors (Lipinski definition) is 1. The summed E-state index contributed by atoms with van der Waals surface area (Å²) in [4.78, 5) is 12.0. The van der Waals surface area contributed by atoms with Crippen molar-refractivity contribution in [3.8, 4) is 0 Å². The molecule has 0 aliphatic carbocycles. The second-order valence-corrected chi connectivity index (χ2v) is 13.8. The predicted molar refractivity (Wildman–Crippen MR) is 95.2 cm³/mol. The Bertz CT molecular complexity index is 398. The molecule has 0 radical (unpaired) electrons. The van der Waals surface area contributed by atoms with Crippen molar-refractivity contribution in [1.82, 2.24) is 5.32 Å². The maximum atomic E-state index is 12.0. The van der Waals surface area contributed by atoms with Crippen LogP contribution in [-0.2, 0) is 13.9 Å². The highest BCUT2D eigenvalue weighted by atomic mass is 28.4. The summed E-state index contributed by atoms with van der Waals surface area (Å²) in [6.07, 6.45) is 0.437. The van der Waals surface area contributed by atoms with Crippen LogP contribution >= 0.6 is 0 Å². The van der Waals surface area contributed by atoms with Gasteiger partial charge in [-0.1, -0.05) is 20.8 Å². The van der Waals surface area contributed by atoms with Crippen molar-refractivity contribution >= 4 is 14.4 Å². The topological polar surface area (TPSA) is 56.8 Å². The first-order chi connectivity index (χ1) is 10.3. The van der Waals surface area contributed by atoms with Gasteiger partial charge in [0.25, 0.3) is 0 Å². The van der Waals surface area contributed by atoms with Gasteiger partial charge in [0, 0.05) is 25.2 Å². The number of rotatable bonds is 4. The smallest absolute Gasteiger partial charge is 0.407 e. The van der Waals surface area contributed by atoms with Crippen LogP contribution in [0.2, 0.25) is 18.1 Å². The molecule has 0 aromatic rings. The fraction of sp³-hybridized carbons (Fsp3) is 0.941. The lowest BCUT2D eigenvalue weighted by Crippen LogP contribution is -2.50. The molecular formula is C17H35NO4Si. The lowest BCUT2D eigenvalue weighted by Gasteiger charge is -2.39. The van der Waals surface area contributed by atoms with Crippen molar-refractivity contribution in [1.29, 1.82) is 0 Å². The zero-order valence-corrected chi connectivity index (χ0v) is 17.1. The van der Waals surface area contributed by atoms with Crippen LogP contribution in [0.1, 0.15) is 48.0 Å². The third-order valence-corrected chi connectivity index (χ3v) is 9.14. The molecule has 5 nitrogen and oxygen atoms in total. The fourth-order valence-electron chi connectivity index (χ4n) is 2.14. The van der Waals surface area contributed by atoms with E-state index in [1.165, 1.54) is 0 Å². The largest absolute Gasteiger partial charge is 0.444 e. The van der Waals surface area contributed by atoms with Crippen molar-refractivity contribution in [2.75, 3.05) is 19.8 Å². The van der Waals surface area contributed by atoms with E-state index < -0.39 is 13.9 Å². The second-order valence-electron chi connectivity index (χ2n) is 8.95. The fourth-order valence-corrected chi connectivity index (χ4v) is 3.21. The van der Waals surface area contributed by atoms with E-state index >= 15 is 0 Å². The van der Waals surface area contributed by atoms with Gasteiger partial charge in [0.05, 0.1) is 6.61 Å². The van der Waals surface area contributed by atoms with E-state index in [0.29, 0.717) is 19.8 Å². The average molecular weight is 346 g/mol. The summed E-state index contributed by atoms with van der Waals surface area (Å²) in [5.41, 5.74) is -0.484. The number of ether oxygens (including phenoxy) is 2. The lowest BCUT2D eigenvalue weighted by molar-refractivity contribution is 0.00264. The average Bonchev–Trinajstić information content (AvgIpc) is 2.34. The Hall–Kier alpha value is -0.593. The molecule has 23 heavy (non-hydrogen) atoms. The SMILES string of the molecule is CC(C)(C)OC(=O)NC1CCOCC1CO[Si](C)(C)C(C)(C)C. The lowest BCUT2D eigenvalue weighted by atomic mass is 9.97. The first-order valence-electron chi connectivity index (χ1n) is 8.53. The van der Waals surface area contributed by atoms with Crippen LogP contribution in [0.5, 0.6) is 0 Å². The summed E-state index contributed by atoms with van der Waals surface area (Å²) in [7, 11) is -1.80. The number of carbonyl (C=O) groups excluding carboxylic acids is 1. The van der Waals surface area contributed by atoms with Gasteiger partial charge >= 0.3 is 6.09 Å². The normalized spacial score (nSPS) is 23.5. The molecule has 1 amide bonds. The first kappa shape index (κ1) is 20.5. The molecule has 1 rings (SSSR count). The molecule has 0 spiro atoms. The summed E-state index contributed by atoms with van der Waals surface area (Å²) < 4.78 is 17.3. The number of amides is 1. The Morgan fingerprint density at radius 2 is 1.83 bits per heavy atom. The highest BCUT2D eigenvalue weighted by molar-refractivity contribution is 6.74. The summed E-state index contributed by atoms with van der Waals surface area (Å²) in [6.45, 7) is 18.7. The Balaban J connectivity index is 2.60. The van der Waals surface area contributed by atoms with Crippen molar-refractivity contribution in [2.45, 2.75) is 77.7 Å². The maximum Gasteiger partial charge on any atom is 0.407 e. The zero-order chi connectivity index (χ0) is 17.9. The van der Waals surface area contributed by atoms with Crippen molar-refractivity contribution in [3.63, 3.8) is 0 Å². The minimum atomic E-state index is -1.80. The molecule has 0 aromatic carbocycles. The zero-order valence-electron chi connectivity index (χ0n) is 16.1. The van der Waals surface area contributed by atoms with Crippen LogP contribution in [0.25, 0.3) is 0 Å². The van der Waals surface area contributed by atoms with Gasteiger partial charge in [0.2, 0.25) is 0 Å². The van der Waals surface area contributed by atoms with E-state index in [1.54, 1.807) is 0 Å². The number of hydrogen-bond acceptors (Lipinski definition) is 4. The highest BCUT2D eigenvalue weighted by Gasteiger charge is 2.39. The van der Waals surface area contributed by atoms with Gasteiger partial charge in [-0.15, -0.1) is 0 Å². The molecule has 1 aliphatic heterocycles.